The number of amides is 1. The van der Waals surface area contributed by atoms with Crippen molar-refractivity contribution in [2.45, 2.75) is 19.4 Å². The van der Waals surface area contributed by atoms with Gasteiger partial charge in [-0.3, -0.25) is 4.79 Å². The third-order valence-corrected chi connectivity index (χ3v) is 3.67. The summed E-state index contributed by atoms with van der Waals surface area (Å²) in [6.45, 7) is 4.69. The molecule has 6 nitrogen and oxygen atoms in total. The minimum Gasteiger partial charge on any atom is -0.384 e. The Hall–Kier alpha value is -2.13. The first-order valence-corrected chi connectivity index (χ1v) is 7.05. The van der Waals surface area contributed by atoms with E-state index in [0.717, 1.165) is 18.9 Å². The van der Waals surface area contributed by atoms with Crippen molar-refractivity contribution in [3.63, 3.8) is 0 Å². The Morgan fingerprint density at radius 1 is 1.52 bits per heavy atom. The van der Waals surface area contributed by atoms with Crippen LogP contribution in [0.5, 0.6) is 0 Å². The molecule has 112 valence electrons. The molecular weight excluding hydrogens is 268 g/mol. The molecule has 0 saturated carbocycles. The second-order valence-corrected chi connectivity index (χ2v) is 5.14. The lowest BCUT2D eigenvalue weighted by Gasteiger charge is -2.40. The van der Waals surface area contributed by atoms with Crippen molar-refractivity contribution >= 4 is 11.7 Å². The fourth-order valence-corrected chi connectivity index (χ4v) is 2.51. The molecule has 6 heteroatoms. The molecule has 0 spiro atoms. The first-order valence-electron chi connectivity index (χ1n) is 7.05. The van der Waals surface area contributed by atoms with Gasteiger partial charge in [0.2, 0.25) is 5.91 Å². The number of aromatic nitrogens is 1. The standard InChI is InChI=1S/C15H20N4O2/c1-12-11-18(14-4-3-13(9-16)10-17-14)6-7-19(12)15(20)5-8-21-2/h3-4,10,12H,5-8,11H2,1-2H3. The number of carbonyl (C=O) groups is 1. The summed E-state index contributed by atoms with van der Waals surface area (Å²) >= 11 is 0. The van der Waals surface area contributed by atoms with Crippen LogP contribution in [0.4, 0.5) is 5.82 Å². The van der Waals surface area contributed by atoms with E-state index in [0.29, 0.717) is 25.1 Å². The van der Waals surface area contributed by atoms with Gasteiger partial charge >= 0.3 is 0 Å². The first kappa shape index (κ1) is 15.3. The SMILES string of the molecule is COCCC(=O)N1CCN(c2ccc(C#N)cn2)CC1C. The van der Waals surface area contributed by atoms with Crippen LogP contribution in [0.3, 0.4) is 0 Å². The van der Waals surface area contributed by atoms with Crippen LogP contribution in [-0.4, -0.2) is 55.2 Å². The Morgan fingerprint density at radius 3 is 2.90 bits per heavy atom. The summed E-state index contributed by atoms with van der Waals surface area (Å²) in [6.07, 6.45) is 2.01. The average molecular weight is 288 g/mol. The number of ether oxygens (including phenoxy) is 1. The molecule has 1 aliphatic rings. The van der Waals surface area contributed by atoms with Crippen molar-refractivity contribution in [2.24, 2.45) is 0 Å². The number of pyridine rings is 1. The highest BCUT2D eigenvalue weighted by Crippen LogP contribution is 2.17. The molecule has 1 unspecified atom stereocenters. The van der Waals surface area contributed by atoms with Gasteiger partial charge in [0.25, 0.3) is 0 Å². The van der Waals surface area contributed by atoms with E-state index in [1.807, 2.05) is 17.9 Å². The summed E-state index contributed by atoms with van der Waals surface area (Å²) < 4.78 is 4.96. The van der Waals surface area contributed by atoms with Gasteiger partial charge in [0.15, 0.2) is 0 Å². The maximum atomic E-state index is 12.1. The molecule has 0 bridgehead atoms. The lowest BCUT2D eigenvalue weighted by Crippen LogP contribution is -2.54. The smallest absolute Gasteiger partial charge is 0.225 e. The predicted octanol–water partition coefficient (Wildman–Crippen LogP) is 1.03. The van der Waals surface area contributed by atoms with Gasteiger partial charge < -0.3 is 14.5 Å². The molecule has 0 N–H and O–H groups in total. The molecule has 21 heavy (non-hydrogen) atoms. The molecule has 0 aliphatic carbocycles. The fourth-order valence-electron chi connectivity index (χ4n) is 2.51. The van der Waals surface area contributed by atoms with Gasteiger partial charge in [0, 0.05) is 39.0 Å². The highest BCUT2D eigenvalue weighted by Gasteiger charge is 2.27. The average Bonchev–Trinajstić information content (AvgIpc) is 2.52. The lowest BCUT2D eigenvalue weighted by atomic mass is 10.1. The second kappa shape index (κ2) is 7.04. The molecule has 0 radical (unpaired) electrons. The second-order valence-electron chi connectivity index (χ2n) is 5.14. The van der Waals surface area contributed by atoms with Crippen LogP contribution in [0.25, 0.3) is 0 Å². The number of nitrogens with zero attached hydrogens (tertiary/aromatic N) is 4. The maximum Gasteiger partial charge on any atom is 0.225 e. The Kier molecular flexibility index (Phi) is 5.12. The van der Waals surface area contributed by atoms with Crippen LogP contribution >= 0.6 is 0 Å². The molecule has 1 amide bonds. The van der Waals surface area contributed by atoms with E-state index in [4.69, 9.17) is 10.00 Å². The van der Waals surface area contributed by atoms with E-state index in [1.165, 1.54) is 0 Å². The van der Waals surface area contributed by atoms with Crippen molar-refractivity contribution in [1.82, 2.24) is 9.88 Å². The van der Waals surface area contributed by atoms with Gasteiger partial charge in [-0.25, -0.2) is 4.98 Å². The van der Waals surface area contributed by atoms with E-state index >= 15 is 0 Å². The van der Waals surface area contributed by atoms with Crippen molar-refractivity contribution in [3.8, 4) is 6.07 Å². The maximum absolute atomic E-state index is 12.1. The van der Waals surface area contributed by atoms with Crippen molar-refractivity contribution in [3.05, 3.63) is 23.9 Å². The monoisotopic (exact) mass is 288 g/mol. The Balaban J connectivity index is 1.96. The van der Waals surface area contributed by atoms with Crippen molar-refractivity contribution in [2.75, 3.05) is 38.3 Å². The zero-order chi connectivity index (χ0) is 15.2. The minimum atomic E-state index is 0.136. The zero-order valence-corrected chi connectivity index (χ0v) is 12.5. The molecule has 2 heterocycles. The van der Waals surface area contributed by atoms with Gasteiger partial charge in [0.05, 0.1) is 18.6 Å². The third kappa shape index (κ3) is 3.70. The molecule has 1 atom stereocenters. The number of nitriles is 1. The van der Waals surface area contributed by atoms with Gasteiger partial charge in [-0.1, -0.05) is 0 Å². The van der Waals surface area contributed by atoms with Gasteiger partial charge in [-0.05, 0) is 19.1 Å². The number of carbonyl (C=O) groups excluding carboxylic acids is 1. The van der Waals surface area contributed by atoms with Gasteiger partial charge in [-0.2, -0.15) is 5.26 Å². The highest BCUT2D eigenvalue weighted by molar-refractivity contribution is 5.77. The Bertz CT molecular complexity index is 523. The Morgan fingerprint density at radius 2 is 2.33 bits per heavy atom. The van der Waals surface area contributed by atoms with Crippen LogP contribution in [0.2, 0.25) is 0 Å². The summed E-state index contributed by atoms with van der Waals surface area (Å²) in [5.74, 6) is 0.988. The number of hydrogen-bond acceptors (Lipinski definition) is 5. The minimum absolute atomic E-state index is 0.136. The summed E-state index contributed by atoms with van der Waals surface area (Å²) in [4.78, 5) is 20.4. The molecule has 1 fully saturated rings. The molecule has 1 saturated heterocycles. The fraction of sp³-hybridized carbons (Fsp3) is 0.533. The summed E-state index contributed by atoms with van der Waals surface area (Å²) in [5.41, 5.74) is 0.556. The first-order chi connectivity index (χ1) is 10.2. The quantitative estimate of drug-likeness (QED) is 0.827. The number of hydrogen-bond donors (Lipinski definition) is 0. The van der Waals surface area contributed by atoms with Crippen molar-refractivity contribution < 1.29 is 9.53 Å². The van der Waals surface area contributed by atoms with Crippen LogP contribution in [0.15, 0.2) is 18.3 Å². The molecule has 1 aromatic heterocycles. The lowest BCUT2D eigenvalue weighted by molar-refractivity contribution is -0.134. The number of piperazine rings is 1. The topological polar surface area (TPSA) is 69.5 Å². The predicted molar refractivity (Wildman–Crippen MR) is 78.8 cm³/mol. The van der Waals surface area contributed by atoms with Crippen LogP contribution in [0.1, 0.15) is 18.9 Å². The number of anilines is 1. The number of methoxy groups -OCH3 is 1. The molecule has 2 rings (SSSR count). The van der Waals surface area contributed by atoms with E-state index in [9.17, 15) is 4.79 Å². The van der Waals surface area contributed by atoms with E-state index in [-0.39, 0.29) is 11.9 Å². The molecule has 1 aliphatic heterocycles. The summed E-state index contributed by atoms with van der Waals surface area (Å²) in [5, 5.41) is 8.79. The molecule has 1 aromatic rings. The normalized spacial score (nSPS) is 18.4. The zero-order valence-electron chi connectivity index (χ0n) is 12.5. The summed E-state index contributed by atoms with van der Waals surface area (Å²) in [6, 6.07) is 5.82. The Labute approximate surface area is 124 Å². The molecular formula is C15H20N4O2. The van der Waals surface area contributed by atoms with Gasteiger partial charge in [0.1, 0.15) is 11.9 Å². The van der Waals surface area contributed by atoms with Crippen LogP contribution in [-0.2, 0) is 9.53 Å². The summed E-state index contributed by atoms with van der Waals surface area (Å²) in [7, 11) is 1.60. The number of rotatable bonds is 4. The largest absolute Gasteiger partial charge is 0.384 e. The highest BCUT2D eigenvalue weighted by atomic mass is 16.5. The van der Waals surface area contributed by atoms with Gasteiger partial charge in [-0.15, -0.1) is 0 Å². The molecule has 0 aromatic carbocycles. The van der Waals surface area contributed by atoms with E-state index in [2.05, 4.69) is 16.0 Å². The van der Waals surface area contributed by atoms with Crippen LogP contribution < -0.4 is 4.90 Å². The van der Waals surface area contributed by atoms with E-state index in [1.54, 1.807) is 19.4 Å². The van der Waals surface area contributed by atoms with Crippen LogP contribution in [0, 0.1) is 11.3 Å². The van der Waals surface area contributed by atoms with E-state index < -0.39 is 0 Å². The third-order valence-electron chi connectivity index (χ3n) is 3.67. The van der Waals surface area contributed by atoms with Crippen molar-refractivity contribution in [1.29, 1.82) is 5.26 Å².